The van der Waals surface area contributed by atoms with Crippen LogP contribution in [-0.2, 0) is 4.79 Å². The molecule has 2 rings (SSSR count). The smallest absolute Gasteiger partial charge is 0.448 e. The van der Waals surface area contributed by atoms with Gasteiger partial charge >= 0.3 is 6.98 Å². The monoisotopic (exact) mass is 234 g/mol. The first-order valence-corrected chi connectivity index (χ1v) is 5.89. The molecule has 1 saturated heterocycles. The molecular formula is C10H16BF3NO-. The molecule has 0 atom stereocenters. The second-order valence-corrected chi connectivity index (χ2v) is 5.18. The van der Waals surface area contributed by atoms with Crippen LogP contribution in [0.15, 0.2) is 0 Å². The van der Waals surface area contributed by atoms with E-state index in [-0.39, 0.29) is 11.3 Å². The Balaban J connectivity index is 1.95. The summed E-state index contributed by atoms with van der Waals surface area (Å²) in [6.45, 7) is -4.59. The van der Waals surface area contributed by atoms with Crippen LogP contribution in [0.25, 0.3) is 0 Å². The molecule has 1 spiro atoms. The van der Waals surface area contributed by atoms with Crippen LogP contribution in [0.5, 0.6) is 0 Å². The van der Waals surface area contributed by atoms with Gasteiger partial charge in [0.25, 0.3) is 0 Å². The summed E-state index contributed by atoms with van der Waals surface area (Å²) in [5, 5.41) is 0. The fourth-order valence-electron chi connectivity index (χ4n) is 3.01. The molecule has 2 fully saturated rings. The van der Waals surface area contributed by atoms with Crippen LogP contribution in [0.3, 0.4) is 0 Å². The number of likely N-dealkylation sites (tertiary alicyclic amines) is 1. The van der Waals surface area contributed by atoms with E-state index in [0.29, 0.717) is 13.0 Å². The van der Waals surface area contributed by atoms with Gasteiger partial charge in [-0.05, 0) is 31.1 Å². The normalized spacial score (nSPS) is 25.4. The van der Waals surface area contributed by atoms with Crippen molar-refractivity contribution in [3.63, 3.8) is 0 Å². The first-order chi connectivity index (χ1) is 7.40. The zero-order valence-corrected chi connectivity index (χ0v) is 9.22. The summed E-state index contributed by atoms with van der Waals surface area (Å²) in [6, 6.07) is 0. The highest BCUT2D eigenvalue weighted by atomic mass is 19.4. The summed E-state index contributed by atoms with van der Waals surface area (Å²) < 4.78 is 36.8. The van der Waals surface area contributed by atoms with Crippen molar-refractivity contribution in [2.75, 3.05) is 13.0 Å². The minimum absolute atomic E-state index is 0.0478. The lowest BCUT2D eigenvalue weighted by Gasteiger charge is -2.40. The van der Waals surface area contributed by atoms with Crippen molar-refractivity contribution in [2.24, 2.45) is 5.41 Å². The molecule has 2 aliphatic rings. The third kappa shape index (κ3) is 2.52. The molecule has 0 bridgehead atoms. The quantitative estimate of drug-likeness (QED) is 0.672. The van der Waals surface area contributed by atoms with E-state index in [9.17, 15) is 17.7 Å². The standard InChI is InChI=1S/C10H16BF3NO/c12-11(13,14)8-15-6-5-10(7-9(15)16)3-1-2-4-10/h1-8H2/q-1. The predicted molar refractivity (Wildman–Crippen MR) is 55.8 cm³/mol. The van der Waals surface area contributed by atoms with Crippen LogP contribution in [0.2, 0.25) is 0 Å². The Morgan fingerprint density at radius 1 is 1.19 bits per heavy atom. The van der Waals surface area contributed by atoms with Crippen LogP contribution < -0.4 is 0 Å². The highest BCUT2D eigenvalue weighted by Gasteiger charge is 2.42. The summed E-state index contributed by atoms with van der Waals surface area (Å²) in [5.74, 6) is -0.299. The second kappa shape index (κ2) is 3.97. The fraction of sp³-hybridized carbons (Fsp3) is 0.900. The van der Waals surface area contributed by atoms with E-state index < -0.39 is 13.4 Å². The minimum atomic E-state index is -4.88. The molecule has 92 valence electrons. The SMILES string of the molecule is O=C1CC2(CCCC2)CCN1C[B-](F)(F)F. The van der Waals surface area contributed by atoms with Gasteiger partial charge in [0.05, 0.1) is 0 Å². The molecule has 1 amide bonds. The number of hydrogen-bond acceptors (Lipinski definition) is 1. The Morgan fingerprint density at radius 2 is 1.81 bits per heavy atom. The minimum Gasteiger partial charge on any atom is -0.448 e. The van der Waals surface area contributed by atoms with Gasteiger partial charge in [0.15, 0.2) is 0 Å². The summed E-state index contributed by atoms with van der Waals surface area (Å²) in [6.07, 6.45) is 4.35. The Hall–Kier alpha value is -0.675. The third-order valence-corrected chi connectivity index (χ3v) is 3.88. The number of carbonyl (C=O) groups excluding carboxylic acids is 1. The van der Waals surface area contributed by atoms with E-state index in [1.165, 1.54) is 0 Å². The molecule has 0 aromatic heterocycles. The second-order valence-electron chi connectivity index (χ2n) is 5.18. The van der Waals surface area contributed by atoms with Gasteiger partial charge in [-0.15, -0.1) is 0 Å². The Bertz CT molecular complexity index is 286. The summed E-state index contributed by atoms with van der Waals surface area (Å²) in [7, 11) is 0. The molecule has 1 heterocycles. The molecule has 1 aliphatic carbocycles. The van der Waals surface area contributed by atoms with Crippen molar-refractivity contribution in [2.45, 2.75) is 38.5 Å². The fourth-order valence-corrected chi connectivity index (χ4v) is 3.01. The molecule has 1 saturated carbocycles. The Kier molecular flexibility index (Phi) is 2.92. The average molecular weight is 234 g/mol. The van der Waals surface area contributed by atoms with Gasteiger partial charge in [0.1, 0.15) is 0 Å². The van der Waals surface area contributed by atoms with Crippen LogP contribution >= 0.6 is 0 Å². The van der Waals surface area contributed by atoms with Gasteiger partial charge in [0.2, 0.25) is 5.91 Å². The van der Waals surface area contributed by atoms with Crippen molar-refractivity contribution >= 4 is 12.9 Å². The largest absolute Gasteiger partial charge is 0.497 e. The van der Waals surface area contributed by atoms with Crippen molar-refractivity contribution in [1.82, 2.24) is 4.90 Å². The summed E-state index contributed by atoms with van der Waals surface area (Å²) >= 11 is 0. The molecule has 2 nitrogen and oxygen atoms in total. The van der Waals surface area contributed by atoms with E-state index in [0.717, 1.165) is 37.0 Å². The molecule has 1 aliphatic heterocycles. The number of hydrogen-bond donors (Lipinski definition) is 0. The predicted octanol–water partition coefficient (Wildman–Crippen LogP) is 2.56. The van der Waals surface area contributed by atoms with Crippen molar-refractivity contribution in [1.29, 1.82) is 0 Å². The molecule has 0 aromatic carbocycles. The average Bonchev–Trinajstić information content (AvgIpc) is 2.57. The Morgan fingerprint density at radius 3 is 2.31 bits per heavy atom. The zero-order chi connectivity index (χ0) is 11.8. The number of piperidine rings is 1. The first-order valence-electron chi connectivity index (χ1n) is 5.89. The molecule has 0 aromatic rings. The summed E-state index contributed by atoms with van der Waals surface area (Å²) in [5.41, 5.74) is 0.0478. The van der Waals surface area contributed by atoms with E-state index in [4.69, 9.17) is 0 Å². The van der Waals surface area contributed by atoms with E-state index in [1.807, 2.05) is 0 Å². The van der Waals surface area contributed by atoms with E-state index >= 15 is 0 Å². The number of halogens is 3. The number of carbonyl (C=O) groups is 1. The van der Waals surface area contributed by atoms with Crippen LogP contribution in [0, 0.1) is 5.41 Å². The third-order valence-electron chi connectivity index (χ3n) is 3.88. The van der Waals surface area contributed by atoms with E-state index in [2.05, 4.69) is 0 Å². The van der Waals surface area contributed by atoms with Gasteiger partial charge in [-0.2, -0.15) is 0 Å². The van der Waals surface area contributed by atoms with Gasteiger partial charge < -0.3 is 17.8 Å². The molecule has 0 N–H and O–H groups in total. The summed E-state index contributed by atoms with van der Waals surface area (Å²) in [4.78, 5) is 12.7. The maximum absolute atomic E-state index is 12.3. The number of nitrogens with zero attached hydrogens (tertiary/aromatic N) is 1. The number of amides is 1. The van der Waals surface area contributed by atoms with E-state index in [1.54, 1.807) is 0 Å². The highest BCUT2D eigenvalue weighted by molar-refractivity contribution is 6.58. The molecule has 16 heavy (non-hydrogen) atoms. The lowest BCUT2D eigenvalue weighted by atomic mass is 9.76. The van der Waals surface area contributed by atoms with Gasteiger partial charge in [-0.3, -0.25) is 4.79 Å². The maximum Gasteiger partial charge on any atom is 0.497 e. The first kappa shape index (κ1) is 11.8. The Labute approximate surface area is 93.2 Å². The molecule has 0 radical (unpaired) electrons. The van der Waals surface area contributed by atoms with Crippen molar-refractivity contribution in [3.8, 4) is 0 Å². The van der Waals surface area contributed by atoms with Gasteiger partial charge in [-0.25, -0.2) is 0 Å². The zero-order valence-electron chi connectivity index (χ0n) is 9.22. The van der Waals surface area contributed by atoms with Crippen molar-refractivity contribution in [3.05, 3.63) is 0 Å². The van der Waals surface area contributed by atoms with Gasteiger partial charge in [0, 0.05) is 13.0 Å². The highest BCUT2D eigenvalue weighted by Crippen LogP contribution is 2.46. The van der Waals surface area contributed by atoms with Crippen LogP contribution in [0.4, 0.5) is 12.9 Å². The molecular weight excluding hydrogens is 218 g/mol. The van der Waals surface area contributed by atoms with Crippen LogP contribution in [0.1, 0.15) is 38.5 Å². The van der Waals surface area contributed by atoms with Gasteiger partial charge in [-0.1, -0.05) is 12.8 Å². The molecule has 0 unspecified atom stereocenters. The topological polar surface area (TPSA) is 20.3 Å². The lowest BCUT2D eigenvalue weighted by Crippen LogP contribution is -2.48. The number of rotatable bonds is 2. The maximum atomic E-state index is 12.3. The van der Waals surface area contributed by atoms with Crippen molar-refractivity contribution < 1.29 is 17.7 Å². The van der Waals surface area contributed by atoms with Crippen LogP contribution in [-0.4, -0.2) is 30.8 Å². The lowest BCUT2D eigenvalue weighted by molar-refractivity contribution is -0.137. The molecule has 6 heteroatoms.